The first-order valence-electron chi connectivity index (χ1n) is 4.45. The maximum Gasteiger partial charge on any atom is 0.352 e. The molecule has 1 heterocycles. The largest absolute Gasteiger partial charge is 0.477 e. The van der Waals surface area contributed by atoms with Crippen LogP contribution in [0.4, 0.5) is 0 Å². The summed E-state index contributed by atoms with van der Waals surface area (Å²) >= 11 is 4.32. The SMILES string of the molecule is O=C(O)c1cc(I)cn1-c1ccc(I)cc1. The van der Waals surface area contributed by atoms with Crippen LogP contribution in [0.5, 0.6) is 0 Å². The van der Waals surface area contributed by atoms with Gasteiger partial charge in [0.05, 0.1) is 0 Å². The van der Waals surface area contributed by atoms with Crippen LogP contribution >= 0.6 is 45.2 Å². The van der Waals surface area contributed by atoms with Crippen LogP contribution in [0.3, 0.4) is 0 Å². The van der Waals surface area contributed by atoms with Crippen LogP contribution in [-0.2, 0) is 0 Å². The fraction of sp³-hybridized carbons (Fsp3) is 0. The molecule has 0 saturated heterocycles. The van der Waals surface area contributed by atoms with Gasteiger partial charge in [-0.25, -0.2) is 4.79 Å². The fourth-order valence-electron chi connectivity index (χ4n) is 1.41. The maximum atomic E-state index is 11.0. The Morgan fingerprint density at radius 2 is 1.75 bits per heavy atom. The number of aromatic nitrogens is 1. The van der Waals surface area contributed by atoms with E-state index in [1.165, 1.54) is 0 Å². The number of benzene rings is 1. The van der Waals surface area contributed by atoms with Gasteiger partial charge in [-0.05, 0) is 75.5 Å². The van der Waals surface area contributed by atoms with Crippen molar-refractivity contribution >= 4 is 51.2 Å². The standard InChI is InChI=1S/C11H7I2NO2/c12-7-1-3-9(4-2-7)14-6-8(13)5-10(14)11(15)16/h1-6H,(H,15,16). The van der Waals surface area contributed by atoms with E-state index in [0.29, 0.717) is 0 Å². The molecule has 3 nitrogen and oxygen atoms in total. The highest BCUT2D eigenvalue weighted by Gasteiger charge is 2.12. The molecule has 2 aromatic rings. The van der Waals surface area contributed by atoms with Gasteiger partial charge in [0.2, 0.25) is 0 Å². The van der Waals surface area contributed by atoms with Crippen molar-refractivity contribution in [1.82, 2.24) is 4.57 Å². The average molecular weight is 439 g/mol. The smallest absolute Gasteiger partial charge is 0.352 e. The van der Waals surface area contributed by atoms with E-state index in [9.17, 15) is 4.79 Å². The first-order valence-corrected chi connectivity index (χ1v) is 6.61. The number of rotatable bonds is 2. The monoisotopic (exact) mass is 439 g/mol. The van der Waals surface area contributed by atoms with Gasteiger partial charge in [-0.2, -0.15) is 0 Å². The summed E-state index contributed by atoms with van der Waals surface area (Å²) in [5.74, 6) is -0.915. The Kier molecular flexibility index (Phi) is 3.53. The Balaban J connectivity index is 2.55. The van der Waals surface area contributed by atoms with Gasteiger partial charge in [0, 0.05) is 19.0 Å². The van der Waals surface area contributed by atoms with Gasteiger partial charge in [-0.1, -0.05) is 0 Å². The average Bonchev–Trinajstić information content (AvgIpc) is 2.61. The van der Waals surface area contributed by atoms with Gasteiger partial charge in [0.25, 0.3) is 0 Å². The van der Waals surface area contributed by atoms with Crippen molar-refractivity contribution < 1.29 is 9.90 Å². The molecule has 0 unspecified atom stereocenters. The minimum Gasteiger partial charge on any atom is -0.477 e. The third-order valence-corrected chi connectivity index (χ3v) is 3.42. The van der Waals surface area contributed by atoms with Gasteiger partial charge < -0.3 is 9.67 Å². The van der Waals surface area contributed by atoms with Crippen molar-refractivity contribution in [3.05, 3.63) is 49.4 Å². The van der Waals surface area contributed by atoms with Crippen molar-refractivity contribution in [2.24, 2.45) is 0 Å². The molecule has 5 heteroatoms. The molecule has 0 atom stereocenters. The molecule has 0 saturated carbocycles. The van der Waals surface area contributed by atoms with Crippen molar-refractivity contribution in [1.29, 1.82) is 0 Å². The molecular weight excluding hydrogens is 432 g/mol. The number of hydrogen-bond acceptors (Lipinski definition) is 1. The highest BCUT2D eigenvalue weighted by Crippen LogP contribution is 2.18. The molecule has 82 valence electrons. The summed E-state index contributed by atoms with van der Waals surface area (Å²) < 4.78 is 3.72. The van der Waals surface area contributed by atoms with Gasteiger partial charge in [0.1, 0.15) is 5.69 Å². The van der Waals surface area contributed by atoms with Crippen LogP contribution in [-0.4, -0.2) is 15.6 Å². The molecule has 0 aliphatic rings. The van der Waals surface area contributed by atoms with E-state index in [0.717, 1.165) is 12.8 Å². The number of halogens is 2. The van der Waals surface area contributed by atoms with Crippen LogP contribution in [0.2, 0.25) is 0 Å². The summed E-state index contributed by atoms with van der Waals surface area (Å²) in [4.78, 5) is 11.0. The van der Waals surface area contributed by atoms with E-state index in [1.54, 1.807) is 10.6 Å². The summed E-state index contributed by atoms with van der Waals surface area (Å²) in [5, 5.41) is 9.07. The molecule has 0 spiro atoms. The highest BCUT2D eigenvalue weighted by molar-refractivity contribution is 14.1. The number of carboxylic acid groups (broad SMARTS) is 1. The van der Waals surface area contributed by atoms with E-state index in [1.807, 2.05) is 30.5 Å². The zero-order chi connectivity index (χ0) is 11.7. The van der Waals surface area contributed by atoms with Crippen LogP contribution < -0.4 is 0 Å². The number of carbonyl (C=O) groups is 1. The number of nitrogens with zero attached hydrogens (tertiary/aromatic N) is 1. The molecule has 0 aliphatic carbocycles. The van der Waals surface area contributed by atoms with Crippen LogP contribution in [0.25, 0.3) is 5.69 Å². The summed E-state index contributed by atoms with van der Waals surface area (Å²) in [7, 11) is 0. The predicted molar refractivity (Wildman–Crippen MR) is 78.2 cm³/mol. The normalized spacial score (nSPS) is 10.4. The molecule has 0 radical (unpaired) electrons. The molecule has 2 rings (SSSR count). The Bertz CT molecular complexity index is 531. The Hall–Kier alpha value is -0.570. The fourth-order valence-corrected chi connectivity index (χ4v) is 2.34. The number of hydrogen-bond donors (Lipinski definition) is 1. The van der Waals surface area contributed by atoms with Crippen molar-refractivity contribution in [2.45, 2.75) is 0 Å². The third kappa shape index (κ3) is 2.40. The topological polar surface area (TPSA) is 42.2 Å². The lowest BCUT2D eigenvalue weighted by Crippen LogP contribution is -2.05. The van der Waals surface area contributed by atoms with Gasteiger partial charge in [-0.3, -0.25) is 0 Å². The lowest BCUT2D eigenvalue weighted by molar-refractivity contribution is 0.0688. The summed E-state index contributed by atoms with van der Waals surface area (Å²) in [6.45, 7) is 0. The minimum atomic E-state index is -0.915. The van der Waals surface area contributed by atoms with Crippen LogP contribution in [0.1, 0.15) is 10.5 Å². The Labute approximate surface area is 120 Å². The highest BCUT2D eigenvalue weighted by atomic mass is 127. The molecule has 0 bridgehead atoms. The zero-order valence-electron chi connectivity index (χ0n) is 8.02. The number of carboxylic acids is 1. The quantitative estimate of drug-likeness (QED) is 0.730. The molecule has 0 fully saturated rings. The molecule has 1 N–H and O–H groups in total. The molecular formula is C11H7I2NO2. The molecule has 16 heavy (non-hydrogen) atoms. The second-order valence-electron chi connectivity index (χ2n) is 3.20. The van der Waals surface area contributed by atoms with Gasteiger partial charge in [0.15, 0.2) is 0 Å². The molecule has 0 amide bonds. The van der Waals surface area contributed by atoms with E-state index in [-0.39, 0.29) is 5.69 Å². The first-order chi connectivity index (χ1) is 7.58. The van der Waals surface area contributed by atoms with Gasteiger partial charge in [-0.15, -0.1) is 0 Å². The second kappa shape index (κ2) is 4.74. The summed E-state index contributed by atoms with van der Waals surface area (Å²) in [5.41, 5.74) is 1.14. The van der Waals surface area contributed by atoms with E-state index in [2.05, 4.69) is 45.2 Å². The minimum absolute atomic E-state index is 0.283. The van der Waals surface area contributed by atoms with Crippen molar-refractivity contribution in [2.75, 3.05) is 0 Å². The summed E-state index contributed by atoms with van der Waals surface area (Å²) in [6, 6.07) is 9.37. The second-order valence-corrected chi connectivity index (χ2v) is 5.69. The lowest BCUT2D eigenvalue weighted by atomic mass is 10.3. The van der Waals surface area contributed by atoms with Crippen molar-refractivity contribution in [3.63, 3.8) is 0 Å². The van der Waals surface area contributed by atoms with Crippen LogP contribution in [0, 0.1) is 7.14 Å². The zero-order valence-corrected chi connectivity index (χ0v) is 12.3. The molecule has 0 aliphatic heterocycles. The van der Waals surface area contributed by atoms with Gasteiger partial charge >= 0.3 is 5.97 Å². The third-order valence-electron chi connectivity index (χ3n) is 2.11. The Morgan fingerprint density at radius 1 is 1.12 bits per heavy atom. The maximum absolute atomic E-state index is 11.0. The van der Waals surface area contributed by atoms with Crippen LogP contribution in [0.15, 0.2) is 36.5 Å². The number of aromatic carboxylic acids is 1. The van der Waals surface area contributed by atoms with E-state index >= 15 is 0 Å². The molecule has 1 aromatic heterocycles. The predicted octanol–water partition coefficient (Wildman–Crippen LogP) is 3.38. The first kappa shape index (κ1) is 11.9. The molecule has 1 aromatic carbocycles. The summed E-state index contributed by atoms with van der Waals surface area (Å²) in [6.07, 6.45) is 1.81. The Morgan fingerprint density at radius 3 is 2.31 bits per heavy atom. The van der Waals surface area contributed by atoms with E-state index < -0.39 is 5.97 Å². The van der Waals surface area contributed by atoms with Crippen molar-refractivity contribution in [3.8, 4) is 5.69 Å². The lowest BCUT2D eigenvalue weighted by Gasteiger charge is -2.05. The van der Waals surface area contributed by atoms with E-state index in [4.69, 9.17) is 5.11 Å².